The van der Waals surface area contributed by atoms with E-state index in [0.717, 1.165) is 32.6 Å². The Morgan fingerprint density at radius 1 is 1.52 bits per heavy atom. The number of imidazole rings is 1. The Kier molecular flexibility index (Phi) is 10.5. The van der Waals surface area contributed by atoms with E-state index in [1.54, 1.807) is 6.20 Å². The van der Waals surface area contributed by atoms with Gasteiger partial charge in [-0.1, -0.05) is 6.92 Å². The Labute approximate surface area is 139 Å². The van der Waals surface area contributed by atoms with Crippen LogP contribution in [0.5, 0.6) is 0 Å². The molecule has 2 N–H and O–H groups in total. The van der Waals surface area contributed by atoms with Crippen LogP contribution >= 0.6 is 24.8 Å². The van der Waals surface area contributed by atoms with Crippen LogP contribution in [0, 0.1) is 11.8 Å². The number of hydrogen-bond donors (Lipinski definition) is 2. The summed E-state index contributed by atoms with van der Waals surface area (Å²) in [6.07, 6.45) is 8.42. The maximum Gasteiger partial charge on any atom is 0.220 e. The van der Waals surface area contributed by atoms with Crippen LogP contribution < -0.4 is 10.6 Å². The first-order chi connectivity index (χ1) is 9.24. The van der Waals surface area contributed by atoms with Gasteiger partial charge in [-0.15, -0.1) is 24.8 Å². The van der Waals surface area contributed by atoms with Crippen LogP contribution in [0.25, 0.3) is 0 Å². The molecule has 0 aliphatic carbocycles. The lowest BCUT2D eigenvalue weighted by Crippen LogP contribution is -2.30. The summed E-state index contributed by atoms with van der Waals surface area (Å²) >= 11 is 0. The Balaban J connectivity index is 0.00000200. The molecule has 1 aromatic heterocycles. The summed E-state index contributed by atoms with van der Waals surface area (Å²) in [7, 11) is 0. The summed E-state index contributed by atoms with van der Waals surface area (Å²) in [4.78, 5) is 15.8. The molecule has 0 radical (unpaired) electrons. The number of halogens is 2. The van der Waals surface area contributed by atoms with Gasteiger partial charge >= 0.3 is 0 Å². The van der Waals surface area contributed by atoms with E-state index >= 15 is 0 Å². The largest absolute Gasteiger partial charge is 0.356 e. The van der Waals surface area contributed by atoms with E-state index in [1.807, 2.05) is 17.1 Å². The molecule has 1 aromatic rings. The zero-order valence-electron chi connectivity index (χ0n) is 12.5. The summed E-state index contributed by atoms with van der Waals surface area (Å²) in [6, 6.07) is 0. The van der Waals surface area contributed by atoms with Crippen molar-refractivity contribution in [2.45, 2.75) is 32.7 Å². The van der Waals surface area contributed by atoms with Gasteiger partial charge in [-0.3, -0.25) is 4.79 Å². The second-order valence-corrected chi connectivity index (χ2v) is 5.57. The van der Waals surface area contributed by atoms with Gasteiger partial charge in [-0.05, 0) is 37.8 Å². The number of carbonyl (C=O) groups is 1. The van der Waals surface area contributed by atoms with Gasteiger partial charge in [0.05, 0.1) is 6.33 Å². The Morgan fingerprint density at radius 3 is 2.95 bits per heavy atom. The lowest BCUT2D eigenvalue weighted by Gasteiger charge is -2.14. The third kappa shape index (κ3) is 7.69. The zero-order valence-corrected chi connectivity index (χ0v) is 14.1. The van der Waals surface area contributed by atoms with Gasteiger partial charge in [0.1, 0.15) is 0 Å². The SMILES string of the molecule is CC(CNC(=O)CCC1CCNC1)Cn1ccnc1.Cl.Cl. The van der Waals surface area contributed by atoms with Gasteiger partial charge in [0.15, 0.2) is 0 Å². The van der Waals surface area contributed by atoms with E-state index in [0.29, 0.717) is 18.3 Å². The molecule has 1 fully saturated rings. The minimum Gasteiger partial charge on any atom is -0.356 e. The van der Waals surface area contributed by atoms with Crippen LogP contribution in [0.15, 0.2) is 18.7 Å². The van der Waals surface area contributed by atoms with Crippen molar-refractivity contribution in [3.63, 3.8) is 0 Å². The Morgan fingerprint density at radius 2 is 2.33 bits per heavy atom. The quantitative estimate of drug-likeness (QED) is 0.799. The van der Waals surface area contributed by atoms with Crippen LogP contribution in [-0.2, 0) is 11.3 Å². The lowest BCUT2D eigenvalue weighted by molar-refractivity contribution is -0.121. The molecule has 0 aromatic carbocycles. The molecule has 1 aliphatic rings. The maximum absolute atomic E-state index is 11.8. The number of nitrogens with zero attached hydrogens (tertiary/aromatic N) is 2. The Bertz CT molecular complexity index is 380. The molecular formula is C14H26Cl2N4O. The first kappa shape index (κ1) is 20.2. The van der Waals surface area contributed by atoms with Crippen LogP contribution in [-0.4, -0.2) is 35.1 Å². The highest BCUT2D eigenvalue weighted by Crippen LogP contribution is 2.13. The van der Waals surface area contributed by atoms with Crippen molar-refractivity contribution in [1.82, 2.24) is 20.2 Å². The molecule has 5 nitrogen and oxygen atoms in total. The van der Waals surface area contributed by atoms with E-state index in [-0.39, 0.29) is 30.7 Å². The Hall–Kier alpha value is -0.780. The standard InChI is InChI=1S/C14H24N4O.2ClH/c1-12(10-18-7-6-16-11-18)8-17-14(19)3-2-13-4-5-15-9-13;;/h6-7,11-13,15H,2-5,8-10H2,1H3,(H,17,19);2*1H. The van der Waals surface area contributed by atoms with Crippen molar-refractivity contribution in [2.24, 2.45) is 11.8 Å². The van der Waals surface area contributed by atoms with Crippen molar-refractivity contribution in [1.29, 1.82) is 0 Å². The first-order valence-electron chi connectivity index (χ1n) is 7.17. The summed E-state index contributed by atoms with van der Waals surface area (Å²) < 4.78 is 2.04. The van der Waals surface area contributed by atoms with Crippen molar-refractivity contribution >= 4 is 30.7 Å². The number of amides is 1. The number of rotatable bonds is 7. The smallest absolute Gasteiger partial charge is 0.220 e. The summed E-state index contributed by atoms with van der Waals surface area (Å²) in [5, 5.41) is 6.36. The van der Waals surface area contributed by atoms with Crippen LogP contribution in [0.3, 0.4) is 0 Å². The normalized spacial score (nSPS) is 18.4. The molecule has 2 unspecified atom stereocenters. The third-order valence-electron chi connectivity index (χ3n) is 3.67. The van der Waals surface area contributed by atoms with Crippen molar-refractivity contribution < 1.29 is 4.79 Å². The predicted octanol–water partition coefficient (Wildman–Crippen LogP) is 1.87. The molecule has 1 saturated heterocycles. The van der Waals surface area contributed by atoms with Crippen molar-refractivity contribution in [3.05, 3.63) is 18.7 Å². The maximum atomic E-state index is 11.8. The van der Waals surface area contributed by atoms with E-state index in [2.05, 4.69) is 22.5 Å². The minimum atomic E-state index is 0. The molecule has 7 heteroatoms. The van der Waals surface area contributed by atoms with Gasteiger partial charge in [0, 0.05) is 31.9 Å². The molecule has 2 rings (SSSR count). The molecule has 0 spiro atoms. The average molecular weight is 337 g/mol. The van der Waals surface area contributed by atoms with E-state index in [9.17, 15) is 4.79 Å². The number of hydrogen-bond acceptors (Lipinski definition) is 3. The highest BCUT2D eigenvalue weighted by Gasteiger charge is 2.15. The second-order valence-electron chi connectivity index (χ2n) is 5.57. The van der Waals surface area contributed by atoms with Gasteiger partial charge in [-0.2, -0.15) is 0 Å². The topological polar surface area (TPSA) is 59.0 Å². The third-order valence-corrected chi connectivity index (χ3v) is 3.67. The summed E-state index contributed by atoms with van der Waals surface area (Å²) in [5.74, 6) is 1.30. The molecule has 1 amide bonds. The zero-order chi connectivity index (χ0) is 13.5. The highest BCUT2D eigenvalue weighted by molar-refractivity contribution is 5.85. The molecule has 122 valence electrons. The number of aromatic nitrogens is 2. The molecule has 21 heavy (non-hydrogen) atoms. The van der Waals surface area contributed by atoms with Gasteiger partial charge in [0.25, 0.3) is 0 Å². The fraction of sp³-hybridized carbons (Fsp3) is 0.714. The predicted molar refractivity (Wildman–Crippen MR) is 89.1 cm³/mol. The van der Waals surface area contributed by atoms with Crippen LogP contribution in [0.4, 0.5) is 0 Å². The molecule has 0 saturated carbocycles. The molecule has 1 aliphatic heterocycles. The fourth-order valence-electron chi connectivity index (χ4n) is 2.49. The van der Waals surface area contributed by atoms with E-state index in [1.165, 1.54) is 6.42 Å². The van der Waals surface area contributed by atoms with Crippen molar-refractivity contribution in [2.75, 3.05) is 19.6 Å². The minimum absolute atomic E-state index is 0. The first-order valence-corrected chi connectivity index (χ1v) is 7.17. The van der Waals surface area contributed by atoms with Crippen molar-refractivity contribution in [3.8, 4) is 0 Å². The van der Waals surface area contributed by atoms with Gasteiger partial charge in [-0.25, -0.2) is 4.98 Å². The van der Waals surface area contributed by atoms with E-state index in [4.69, 9.17) is 0 Å². The monoisotopic (exact) mass is 336 g/mol. The summed E-state index contributed by atoms with van der Waals surface area (Å²) in [6.45, 7) is 5.95. The van der Waals surface area contributed by atoms with Crippen LogP contribution in [0.1, 0.15) is 26.2 Å². The molecular weight excluding hydrogens is 311 g/mol. The highest BCUT2D eigenvalue weighted by atomic mass is 35.5. The number of carbonyl (C=O) groups excluding carboxylic acids is 1. The average Bonchev–Trinajstić information content (AvgIpc) is 3.06. The molecule has 2 atom stereocenters. The van der Waals surface area contributed by atoms with Crippen LogP contribution in [0.2, 0.25) is 0 Å². The second kappa shape index (κ2) is 10.9. The summed E-state index contributed by atoms with van der Waals surface area (Å²) in [5.41, 5.74) is 0. The van der Waals surface area contributed by atoms with Gasteiger partial charge in [0.2, 0.25) is 5.91 Å². The van der Waals surface area contributed by atoms with Gasteiger partial charge < -0.3 is 15.2 Å². The van der Waals surface area contributed by atoms with E-state index < -0.39 is 0 Å². The molecule has 2 heterocycles. The lowest BCUT2D eigenvalue weighted by atomic mass is 10.0. The fourth-order valence-corrected chi connectivity index (χ4v) is 2.49. The molecule has 0 bridgehead atoms. The number of nitrogens with one attached hydrogen (secondary N) is 2.